The molecule has 1 aliphatic carbocycles. The van der Waals surface area contributed by atoms with Gasteiger partial charge in [0, 0.05) is 22.9 Å². The smallest absolute Gasteiger partial charge is 0.220 e. The van der Waals surface area contributed by atoms with Gasteiger partial charge in [0.2, 0.25) is 5.91 Å². The number of hydrogen-bond donors (Lipinski definition) is 2. The molecule has 0 aliphatic heterocycles. The van der Waals surface area contributed by atoms with Gasteiger partial charge in [-0.1, -0.05) is 23.7 Å². The third-order valence-electron chi connectivity index (χ3n) is 4.17. The number of hydrogen-bond acceptors (Lipinski definition) is 2. The van der Waals surface area contributed by atoms with Crippen molar-refractivity contribution in [3.8, 4) is 0 Å². The van der Waals surface area contributed by atoms with Crippen LogP contribution in [0.25, 0.3) is 0 Å². The number of carbonyl (C=O) groups is 1. The molecule has 4 heteroatoms. The second-order valence-corrected chi connectivity index (χ2v) is 5.61. The molecule has 1 aromatic carbocycles. The summed E-state index contributed by atoms with van der Waals surface area (Å²) >= 11 is 6.05. The minimum Gasteiger partial charge on any atom is -0.369 e. The third kappa shape index (κ3) is 2.52. The summed E-state index contributed by atoms with van der Waals surface area (Å²) in [5.74, 6) is -0.185. The molecule has 0 heterocycles. The standard InChI is InChI=1S/C14H19ClN2O/c15-12-3-1-2-11(8-12)14(9-16)6-4-10(5-7-14)13(17)18/h1-3,8,10H,4-7,9,16H2,(H2,17,18)/t10-,14+. The zero-order valence-corrected chi connectivity index (χ0v) is 11.1. The summed E-state index contributed by atoms with van der Waals surface area (Å²) in [4.78, 5) is 11.2. The maximum absolute atomic E-state index is 11.2. The van der Waals surface area contributed by atoms with E-state index in [2.05, 4.69) is 6.07 Å². The molecule has 1 aliphatic rings. The summed E-state index contributed by atoms with van der Waals surface area (Å²) in [6.07, 6.45) is 3.44. The SMILES string of the molecule is NC[C@]1(c2cccc(Cl)c2)CC[C@@H](C(N)=O)CC1. The number of primary amides is 1. The average Bonchev–Trinajstić information content (AvgIpc) is 2.38. The first-order valence-corrected chi connectivity index (χ1v) is 6.71. The molecule has 0 bridgehead atoms. The van der Waals surface area contributed by atoms with Crippen molar-refractivity contribution in [3.05, 3.63) is 34.9 Å². The fourth-order valence-electron chi connectivity index (χ4n) is 2.88. The van der Waals surface area contributed by atoms with Crippen LogP contribution in [0.3, 0.4) is 0 Å². The molecule has 1 fully saturated rings. The van der Waals surface area contributed by atoms with Crippen LogP contribution in [-0.2, 0) is 10.2 Å². The minimum atomic E-state index is -0.188. The van der Waals surface area contributed by atoms with Gasteiger partial charge in [0.05, 0.1) is 0 Å². The fourth-order valence-corrected chi connectivity index (χ4v) is 3.07. The zero-order chi connectivity index (χ0) is 13.2. The fraction of sp³-hybridized carbons (Fsp3) is 0.500. The Bertz CT molecular complexity index is 439. The molecular weight excluding hydrogens is 248 g/mol. The molecule has 4 N–H and O–H groups in total. The Morgan fingerprint density at radius 1 is 1.39 bits per heavy atom. The Kier molecular flexibility index (Phi) is 3.93. The van der Waals surface area contributed by atoms with Crippen LogP contribution < -0.4 is 11.5 Å². The first kappa shape index (κ1) is 13.4. The van der Waals surface area contributed by atoms with Gasteiger partial charge in [0.25, 0.3) is 0 Å². The van der Waals surface area contributed by atoms with Crippen LogP contribution in [0.5, 0.6) is 0 Å². The highest BCUT2D eigenvalue weighted by atomic mass is 35.5. The first-order valence-electron chi connectivity index (χ1n) is 6.33. The molecule has 3 nitrogen and oxygen atoms in total. The lowest BCUT2D eigenvalue weighted by molar-refractivity contribution is -0.123. The Morgan fingerprint density at radius 2 is 2.06 bits per heavy atom. The van der Waals surface area contributed by atoms with Gasteiger partial charge in [-0.3, -0.25) is 4.79 Å². The van der Waals surface area contributed by atoms with Crippen molar-refractivity contribution in [1.29, 1.82) is 0 Å². The average molecular weight is 267 g/mol. The van der Waals surface area contributed by atoms with Crippen molar-refractivity contribution in [3.63, 3.8) is 0 Å². The van der Waals surface area contributed by atoms with Gasteiger partial charge in [0.15, 0.2) is 0 Å². The molecule has 1 amide bonds. The number of rotatable bonds is 3. The highest BCUT2D eigenvalue weighted by Gasteiger charge is 2.37. The van der Waals surface area contributed by atoms with E-state index in [0.29, 0.717) is 6.54 Å². The monoisotopic (exact) mass is 266 g/mol. The molecule has 0 atom stereocenters. The van der Waals surface area contributed by atoms with E-state index in [4.69, 9.17) is 23.1 Å². The van der Waals surface area contributed by atoms with Crippen molar-refractivity contribution in [2.45, 2.75) is 31.1 Å². The highest BCUT2D eigenvalue weighted by molar-refractivity contribution is 6.30. The third-order valence-corrected chi connectivity index (χ3v) is 4.41. The van der Waals surface area contributed by atoms with Crippen molar-refractivity contribution in [1.82, 2.24) is 0 Å². The Balaban J connectivity index is 2.21. The van der Waals surface area contributed by atoms with Crippen molar-refractivity contribution < 1.29 is 4.79 Å². The van der Waals surface area contributed by atoms with Gasteiger partial charge in [-0.2, -0.15) is 0 Å². The molecule has 1 aromatic rings. The van der Waals surface area contributed by atoms with E-state index in [9.17, 15) is 4.79 Å². The Morgan fingerprint density at radius 3 is 2.56 bits per heavy atom. The number of nitrogens with two attached hydrogens (primary N) is 2. The van der Waals surface area contributed by atoms with E-state index in [1.165, 1.54) is 5.56 Å². The zero-order valence-electron chi connectivity index (χ0n) is 10.4. The van der Waals surface area contributed by atoms with Gasteiger partial charge in [-0.15, -0.1) is 0 Å². The summed E-state index contributed by atoms with van der Waals surface area (Å²) < 4.78 is 0. The van der Waals surface area contributed by atoms with Crippen LogP contribution in [0.1, 0.15) is 31.2 Å². The first-order chi connectivity index (χ1) is 8.57. The van der Waals surface area contributed by atoms with Crippen LogP contribution in [0, 0.1) is 5.92 Å². The molecule has 0 spiro atoms. The van der Waals surface area contributed by atoms with Crippen LogP contribution in [0.4, 0.5) is 0 Å². The molecule has 98 valence electrons. The van der Waals surface area contributed by atoms with Gasteiger partial charge in [-0.25, -0.2) is 0 Å². The predicted octanol–water partition coefficient (Wildman–Crippen LogP) is 2.21. The maximum atomic E-state index is 11.2. The van der Waals surface area contributed by atoms with Gasteiger partial charge in [-0.05, 0) is 43.4 Å². The lowest BCUT2D eigenvalue weighted by atomic mass is 9.66. The van der Waals surface area contributed by atoms with Crippen molar-refractivity contribution in [2.75, 3.05) is 6.54 Å². The summed E-state index contributed by atoms with van der Waals surface area (Å²) in [7, 11) is 0. The summed E-state index contributed by atoms with van der Waals surface area (Å²) in [5.41, 5.74) is 12.5. The summed E-state index contributed by atoms with van der Waals surface area (Å²) in [5, 5.41) is 0.734. The van der Waals surface area contributed by atoms with Crippen LogP contribution in [0.2, 0.25) is 5.02 Å². The number of amides is 1. The van der Waals surface area contributed by atoms with Crippen molar-refractivity contribution >= 4 is 17.5 Å². The normalized spacial score (nSPS) is 28.0. The minimum absolute atomic E-state index is 0.00357. The molecule has 1 saturated carbocycles. The van der Waals surface area contributed by atoms with Crippen LogP contribution in [0.15, 0.2) is 24.3 Å². The largest absolute Gasteiger partial charge is 0.369 e. The lowest BCUT2D eigenvalue weighted by Crippen LogP contribution is -2.41. The second-order valence-electron chi connectivity index (χ2n) is 5.17. The number of carbonyl (C=O) groups excluding carboxylic acids is 1. The van der Waals surface area contributed by atoms with E-state index >= 15 is 0 Å². The molecule has 0 radical (unpaired) electrons. The molecular formula is C14H19ClN2O. The summed E-state index contributed by atoms with van der Waals surface area (Å²) in [6.45, 7) is 0.582. The van der Waals surface area contributed by atoms with E-state index in [1.54, 1.807) is 0 Å². The van der Waals surface area contributed by atoms with Gasteiger partial charge in [0.1, 0.15) is 0 Å². The molecule has 0 aromatic heterocycles. The lowest BCUT2D eigenvalue weighted by Gasteiger charge is -2.39. The van der Waals surface area contributed by atoms with E-state index in [-0.39, 0.29) is 17.2 Å². The number of halogens is 1. The van der Waals surface area contributed by atoms with E-state index < -0.39 is 0 Å². The second kappa shape index (κ2) is 5.29. The maximum Gasteiger partial charge on any atom is 0.220 e. The van der Waals surface area contributed by atoms with Crippen LogP contribution >= 0.6 is 11.6 Å². The summed E-state index contributed by atoms with van der Waals surface area (Å²) in [6, 6.07) is 7.88. The predicted molar refractivity (Wildman–Crippen MR) is 73.3 cm³/mol. The Labute approximate surface area is 112 Å². The molecule has 0 saturated heterocycles. The van der Waals surface area contributed by atoms with E-state index in [0.717, 1.165) is 30.7 Å². The van der Waals surface area contributed by atoms with Gasteiger partial charge >= 0.3 is 0 Å². The van der Waals surface area contributed by atoms with Gasteiger partial charge < -0.3 is 11.5 Å². The molecule has 2 rings (SSSR count). The Hall–Kier alpha value is -1.06. The molecule has 0 unspecified atom stereocenters. The topological polar surface area (TPSA) is 69.1 Å². The van der Waals surface area contributed by atoms with Crippen molar-refractivity contribution in [2.24, 2.45) is 17.4 Å². The number of benzene rings is 1. The quantitative estimate of drug-likeness (QED) is 0.881. The van der Waals surface area contributed by atoms with Crippen LogP contribution in [-0.4, -0.2) is 12.5 Å². The highest BCUT2D eigenvalue weighted by Crippen LogP contribution is 2.41. The van der Waals surface area contributed by atoms with E-state index in [1.807, 2.05) is 18.2 Å². The molecule has 18 heavy (non-hydrogen) atoms.